The Morgan fingerprint density at radius 2 is 2.50 bits per heavy atom. The number of likely N-dealkylation sites (tertiary alicyclic amines) is 1. The van der Waals surface area contributed by atoms with Crippen LogP contribution >= 0.6 is 0 Å². The van der Waals surface area contributed by atoms with Gasteiger partial charge in [-0.2, -0.15) is 5.26 Å². The fourth-order valence-corrected chi connectivity index (χ4v) is 2.52. The van der Waals surface area contributed by atoms with Crippen LogP contribution in [0, 0.1) is 11.3 Å². The van der Waals surface area contributed by atoms with E-state index < -0.39 is 0 Å². The van der Waals surface area contributed by atoms with Crippen LogP contribution in [0.4, 0.5) is 0 Å². The normalized spacial score (nSPS) is 34.0. The van der Waals surface area contributed by atoms with Crippen LogP contribution in [0.25, 0.3) is 0 Å². The Morgan fingerprint density at radius 3 is 3.19 bits per heavy atom. The molecule has 2 heterocycles. The van der Waals surface area contributed by atoms with E-state index in [2.05, 4.69) is 0 Å². The predicted octanol–water partition coefficient (Wildman–Crippen LogP) is 0.0425. The van der Waals surface area contributed by atoms with Crippen LogP contribution in [0.5, 0.6) is 0 Å². The van der Waals surface area contributed by atoms with Gasteiger partial charge in [0.15, 0.2) is 0 Å². The van der Waals surface area contributed by atoms with Gasteiger partial charge >= 0.3 is 0 Å². The Balaban J connectivity index is 1.96. The largest absolute Gasteiger partial charge is 0.393 e. The number of carbonyl (C=O) groups is 1. The molecule has 5 nitrogen and oxygen atoms in total. The first kappa shape index (κ1) is 11.4. The number of nitrogens with zero attached hydrogens (tertiary/aromatic N) is 2. The molecule has 88 valence electrons. The summed E-state index contributed by atoms with van der Waals surface area (Å²) < 4.78 is 5.72. The van der Waals surface area contributed by atoms with Gasteiger partial charge in [0.05, 0.1) is 17.8 Å². The van der Waals surface area contributed by atoms with Crippen molar-refractivity contribution in [3.05, 3.63) is 0 Å². The third kappa shape index (κ3) is 2.18. The Labute approximate surface area is 94.6 Å². The van der Waals surface area contributed by atoms with Crippen molar-refractivity contribution in [1.82, 2.24) is 4.90 Å². The highest BCUT2D eigenvalue weighted by Crippen LogP contribution is 2.34. The maximum atomic E-state index is 11.5. The number of hydrogen-bond donors (Lipinski definition) is 1. The zero-order valence-electron chi connectivity index (χ0n) is 9.19. The Morgan fingerprint density at radius 1 is 1.69 bits per heavy atom. The van der Waals surface area contributed by atoms with Gasteiger partial charge in [-0.05, 0) is 12.8 Å². The highest BCUT2D eigenvalue weighted by Gasteiger charge is 2.44. The molecule has 1 N–H and O–H groups in total. The zero-order valence-corrected chi connectivity index (χ0v) is 9.19. The summed E-state index contributed by atoms with van der Waals surface area (Å²) >= 11 is 0. The van der Waals surface area contributed by atoms with Gasteiger partial charge in [-0.15, -0.1) is 0 Å². The van der Waals surface area contributed by atoms with E-state index in [0.717, 1.165) is 6.42 Å². The van der Waals surface area contributed by atoms with Crippen molar-refractivity contribution in [3.8, 4) is 6.07 Å². The number of nitriles is 1. The van der Waals surface area contributed by atoms with Crippen LogP contribution < -0.4 is 0 Å². The third-order valence-electron chi connectivity index (χ3n) is 3.37. The zero-order chi connectivity index (χ0) is 11.6. The standard InChI is InChI=1S/C11H16N2O3/c12-4-1-10(15)13-5-3-11(8-13)7-9(14)2-6-16-11/h9,14H,1-3,5-8H2/t9-,11+/m0/s1. The molecule has 16 heavy (non-hydrogen) atoms. The molecule has 0 bridgehead atoms. The summed E-state index contributed by atoms with van der Waals surface area (Å²) in [4.78, 5) is 13.2. The second-order valence-corrected chi connectivity index (χ2v) is 4.58. The number of hydrogen-bond acceptors (Lipinski definition) is 4. The van der Waals surface area contributed by atoms with Crippen molar-refractivity contribution in [2.45, 2.75) is 37.4 Å². The Kier molecular flexibility index (Phi) is 3.13. The monoisotopic (exact) mass is 224 g/mol. The Bertz CT molecular complexity index is 326. The van der Waals surface area contributed by atoms with Crippen LogP contribution in [0.2, 0.25) is 0 Å². The quantitative estimate of drug-likeness (QED) is 0.682. The maximum absolute atomic E-state index is 11.5. The summed E-state index contributed by atoms with van der Waals surface area (Å²) in [5.41, 5.74) is -0.358. The molecule has 5 heteroatoms. The molecule has 2 saturated heterocycles. The first-order valence-corrected chi connectivity index (χ1v) is 5.62. The van der Waals surface area contributed by atoms with E-state index in [4.69, 9.17) is 10.00 Å². The SMILES string of the molecule is N#CCC(=O)N1CC[C@@]2(C[C@@H](O)CCO2)C1. The first-order chi connectivity index (χ1) is 7.65. The van der Waals surface area contributed by atoms with Crippen molar-refractivity contribution in [1.29, 1.82) is 5.26 Å². The van der Waals surface area contributed by atoms with Crippen molar-refractivity contribution >= 4 is 5.91 Å². The molecule has 0 aromatic rings. The van der Waals surface area contributed by atoms with E-state index in [0.29, 0.717) is 32.5 Å². The van der Waals surface area contributed by atoms with E-state index in [1.807, 2.05) is 6.07 Å². The number of carbonyl (C=O) groups excluding carboxylic acids is 1. The Hall–Kier alpha value is -1.12. The second kappa shape index (κ2) is 4.40. The molecule has 2 rings (SSSR count). The van der Waals surface area contributed by atoms with Crippen molar-refractivity contribution in [2.24, 2.45) is 0 Å². The fourth-order valence-electron chi connectivity index (χ4n) is 2.52. The first-order valence-electron chi connectivity index (χ1n) is 5.62. The fraction of sp³-hybridized carbons (Fsp3) is 0.818. The lowest BCUT2D eigenvalue weighted by Crippen LogP contribution is -2.44. The molecular formula is C11H16N2O3. The van der Waals surface area contributed by atoms with E-state index in [1.165, 1.54) is 0 Å². The molecule has 1 amide bonds. The van der Waals surface area contributed by atoms with E-state index in [9.17, 15) is 9.90 Å². The average molecular weight is 224 g/mol. The van der Waals surface area contributed by atoms with Crippen LogP contribution in [0.1, 0.15) is 25.7 Å². The predicted molar refractivity (Wildman–Crippen MR) is 55.4 cm³/mol. The van der Waals surface area contributed by atoms with Gasteiger partial charge in [0.1, 0.15) is 6.42 Å². The molecule has 2 aliphatic heterocycles. The molecule has 0 unspecified atom stereocenters. The minimum absolute atomic E-state index is 0.0708. The summed E-state index contributed by atoms with van der Waals surface area (Å²) in [7, 11) is 0. The molecule has 0 saturated carbocycles. The van der Waals surface area contributed by atoms with Crippen molar-refractivity contribution in [3.63, 3.8) is 0 Å². The summed E-state index contributed by atoms with van der Waals surface area (Å²) in [5, 5.41) is 18.1. The molecule has 2 aliphatic rings. The van der Waals surface area contributed by atoms with E-state index in [-0.39, 0.29) is 24.0 Å². The summed E-state index contributed by atoms with van der Waals surface area (Å²) in [6.45, 7) is 1.71. The van der Waals surface area contributed by atoms with Gasteiger partial charge < -0.3 is 14.7 Å². The number of amides is 1. The van der Waals surface area contributed by atoms with Crippen LogP contribution in [-0.2, 0) is 9.53 Å². The van der Waals surface area contributed by atoms with E-state index in [1.54, 1.807) is 4.90 Å². The number of aliphatic hydroxyl groups excluding tert-OH is 1. The van der Waals surface area contributed by atoms with Crippen LogP contribution in [-0.4, -0.2) is 47.3 Å². The third-order valence-corrected chi connectivity index (χ3v) is 3.37. The summed E-state index contributed by atoms with van der Waals surface area (Å²) in [6.07, 6.45) is 1.65. The number of aliphatic hydroxyl groups is 1. The molecule has 0 aromatic carbocycles. The van der Waals surface area contributed by atoms with Gasteiger partial charge in [-0.1, -0.05) is 0 Å². The van der Waals surface area contributed by atoms with Gasteiger partial charge in [-0.25, -0.2) is 0 Å². The lowest BCUT2D eigenvalue weighted by atomic mass is 9.91. The summed E-state index contributed by atoms with van der Waals surface area (Å²) in [6, 6.07) is 1.86. The minimum atomic E-state index is -0.358. The molecule has 0 aliphatic carbocycles. The number of rotatable bonds is 1. The highest BCUT2D eigenvalue weighted by atomic mass is 16.5. The topological polar surface area (TPSA) is 73.6 Å². The molecule has 0 radical (unpaired) electrons. The second-order valence-electron chi connectivity index (χ2n) is 4.58. The molecule has 2 fully saturated rings. The smallest absolute Gasteiger partial charge is 0.236 e. The van der Waals surface area contributed by atoms with Gasteiger partial charge in [-0.3, -0.25) is 4.79 Å². The van der Waals surface area contributed by atoms with Crippen molar-refractivity contribution < 1.29 is 14.6 Å². The van der Waals surface area contributed by atoms with E-state index >= 15 is 0 Å². The molecule has 2 atom stereocenters. The lowest BCUT2D eigenvalue weighted by molar-refractivity contribution is -0.135. The highest BCUT2D eigenvalue weighted by molar-refractivity contribution is 5.78. The van der Waals surface area contributed by atoms with Crippen LogP contribution in [0.15, 0.2) is 0 Å². The number of ether oxygens (including phenoxy) is 1. The molecule has 0 aromatic heterocycles. The minimum Gasteiger partial charge on any atom is -0.393 e. The average Bonchev–Trinajstić information content (AvgIpc) is 2.62. The maximum Gasteiger partial charge on any atom is 0.236 e. The summed E-state index contributed by atoms with van der Waals surface area (Å²) in [5.74, 6) is -0.136. The lowest BCUT2D eigenvalue weighted by Gasteiger charge is -2.36. The molecular weight excluding hydrogens is 208 g/mol. The van der Waals surface area contributed by atoms with Crippen LogP contribution in [0.3, 0.4) is 0 Å². The van der Waals surface area contributed by atoms with Crippen molar-refractivity contribution in [2.75, 3.05) is 19.7 Å². The van der Waals surface area contributed by atoms with Gasteiger partial charge in [0.25, 0.3) is 0 Å². The molecule has 1 spiro atoms. The van der Waals surface area contributed by atoms with Gasteiger partial charge in [0.2, 0.25) is 5.91 Å². The van der Waals surface area contributed by atoms with Gasteiger partial charge in [0, 0.05) is 26.1 Å².